The molecular weight excluding hydrogens is 366 g/mol. The van der Waals surface area contributed by atoms with Gasteiger partial charge in [-0.2, -0.15) is 0 Å². The minimum absolute atomic E-state index is 0.0850. The summed E-state index contributed by atoms with van der Waals surface area (Å²) in [5.74, 6) is 7.08. The van der Waals surface area contributed by atoms with Crippen molar-refractivity contribution in [2.45, 2.75) is 18.4 Å². The molecular formula is C21H18ClNO4. The fourth-order valence-electron chi connectivity index (χ4n) is 3.17. The highest BCUT2D eigenvalue weighted by Crippen LogP contribution is 2.33. The number of fused-ring (bicyclic) bond motifs is 1. The number of aliphatic hydroxyl groups is 1. The number of rotatable bonds is 1. The number of carbonyl (C=O) groups excluding carboxylic acids is 1. The zero-order valence-electron chi connectivity index (χ0n) is 14.6. The second-order valence-electron chi connectivity index (χ2n) is 6.65. The number of hydrogen-bond acceptors (Lipinski definition) is 4. The predicted molar refractivity (Wildman–Crippen MR) is 101 cm³/mol. The van der Waals surface area contributed by atoms with Gasteiger partial charge in [0.05, 0.1) is 0 Å². The van der Waals surface area contributed by atoms with Gasteiger partial charge in [-0.25, -0.2) is 0 Å². The molecule has 0 bridgehead atoms. The topological polar surface area (TPSA) is 59.0 Å². The van der Waals surface area contributed by atoms with Gasteiger partial charge in [0.2, 0.25) is 6.79 Å². The van der Waals surface area contributed by atoms with E-state index in [0.29, 0.717) is 48.0 Å². The van der Waals surface area contributed by atoms with E-state index < -0.39 is 5.60 Å². The first-order valence-corrected chi connectivity index (χ1v) is 9.10. The molecule has 0 unspecified atom stereocenters. The molecule has 2 heterocycles. The van der Waals surface area contributed by atoms with E-state index in [9.17, 15) is 9.90 Å². The largest absolute Gasteiger partial charge is 0.454 e. The van der Waals surface area contributed by atoms with E-state index in [4.69, 9.17) is 21.1 Å². The summed E-state index contributed by atoms with van der Waals surface area (Å²) in [6.45, 7) is 1.05. The first-order chi connectivity index (χ1) is 13.0. The van der Waals surface area contributed by atoms with E-state index in [2.05, 4.69) is 11.8 Å². The molecule has 2 aromatic carbocycles. The number of benzene rings is 2. The minimum Gasteiger partial charge on any atom is -0.454 e. The Kier molecular flexibility index (Phi) is 4.69. The quantitative estimate of drug-likeness (QED) is 0.769. The van der Waals surface area contributed by atoms with Crippen LogP contribution in [0.15, 0.2) is 42.5 Å². The molecule has 5 nitrogen and oxygen atoms in total. The second-order valence-corrected chi connectivity index (χ2v) is 7.09. The van der Waals surface area contributed by atoms with Crippen molar-refractivity contribution in [2.24, 2.45) is 0 Å². The van der Waals surface area contributed by atoms with E-state index in [1.807, 2.05) is 12.1 Å². The maximum absolute atomic E-state index is 12.7. The highest BCUT2D eigenvalue weighted by molar-refractivity contribution is 6.30. The lowest BCUT2D eigenvalue weighted by Crippen LogP contribution is -2.46. The number of likely N-dealkylation sites (tertiary alicyclic amines) is 1. The predicted octanol–water partition coefficient (Wildman–Crippen LogP) is 3.09. The Morgan fingerprint density at radius 3 is 2.67 bits per heavy atom. The Morgan fingerprint density at radius 2 is 1.89 bits per heavy atom. The van der Waals surface area contributed by atoms with E-state index >= 15 is 0 Å². The Morgan fingerprint density at radius 1 is 1.11 bits per heavy atom. The van der Waals surface area contributed by atoms with Gasteiger partial charge < -0.3 is 19.5 Å². The maximum Gasteiger partial charge on any atom is 0.253 e. The molecule has 2 aromatic rings. The molecule has 0 spiro atoms. The minimum atomic E-state index is -1.10. The molecule has 4 rings (SSSR count). The zero-order valence-corrected chi connectivity index (χ0v) is 15.3. The standard InChI is InChI=1S/C21H18ClNO4/c22-17-3-1-2-15(12-17)6-7-21(25)8-10-23(11-9-21)20(24)16-4-5-18-19(13-16)27-14-26-18/h1-5,12-13,25H,8-11,14H2. The van der Waals surface area contributed by atoms with Gasteiger partial charge in [0, 0.05) is 42.1 Å². The van der Waals surface area contributed by atoms with Crippen LogP contribution in [0.25, 0.3) is 0 Å². The van der Waals surface area contributed by atoms with Crippen molar-refractivity contribution < 1.29 is 19.4 Å². The molecule has 2 aliphatic rings. The summed E-state index contributed by atoms with van der Waals surface area (Å²) < 4.78 is 10.6. The van der Waals surface area contributed by atoms with Crippen LogP contribution in [0.2, 0.25) is 5.02 Å². The van der Waals surface area contributed by atoms with Crippen molar-refractivity contribution in [1.82, 2.24) is 4.90 Å². The highest BCUT2D eigenvalue weighted by Gasteiger charge is 2.33. The summed E-state index contributed by atoms with van der Waals surface area (Å²) in [5, 5.41) is 11.3. The lowest BCUT2D eigenvalue weighted by atomic mass is 9.91. The van der Waals surface area contributed by atoms with Crippen LogP contribution in [0.4, 0.5) is 0 Å². The monoisotopic (exact) mass is 383 g/mol. The molecule has 0 saturated carbocycles. The average molecular weight is 384 g/mol. The molecule has 0 radical (unpaired) electrons. The number of carbonyl (C=O) groups is 1. The molecule has 0 aromatic heterocycles. The Hall–Kier alpha value is -2.68. The Bertz CT molecular complexity index is 939. The van der Waals surface area contributed by atoms with Crippen LogP contribution in [0, 0.1) is 11.8 Å². The lowest BCUT2D eigenvalue weighted by Gasteiger charge is -2.35. The molecule has 2 aliphatic heterocycles. The SMILES string of the molecule is O=C(c1ccc2c(c1)OCO2)N1CCC(O)(C#Cc2cccc(Cl)c2)CC1. The van der Waals surface area contributed by atoms with Crippen molar-refractivity contribution in [2.75, 3.05) is 19.9 Å². The maximum atomic E-state index is 12.7. The summed E-state index contributed by atoms with van der Waals surface area (Å²) in [5.41, 5.74) is 0.207. The number of piperidine rings is 1. The highest BCUT2D eigenvalue weighted by atomic mass is 35.5. The Balaban J connectivity index is 1.42. The molecule has 138 valence electrons. The van der Waals surface area contributed by atoms with Crippen molar-refractivity contribution in [1.29, 1.82) is 0 Å². The van der Waals surface area contributed by atoms with Crippen molar-refractivity contribution >= 4 is 17.5 Å². The first-order valence-electron chi connectivity index (χ1n) is 8.72. The Labute approximate surface area is 162 Å². The van der Waals surface area contributed by atoms with Gasteiger partial charge in [-0.05, 0) is 36.4 Å². The summed E-state index contributed by atoms with van der Waals surface area (Å²) in [7, 11) is 0. The molecule has 1 N–H and O–H groups in total. The third-order valence-electron chi connectivity index (χ3n) is 4.76. The third kappa shape index (κ3) is 3.87. The van der Waals surface area contributed by atoms with Gasteiger partial charge in [-0.1, -0.05) is 29.5 Å². The van der Waals surface area contributed by atoms with Crippen LogP contribution < -0.4 is 9.47 Å². The fraction of sp³-hybridized carbons (Fsp3) is 0.286. The second kappa shape index (κ2) is 7.15. The number of amides is 1. The van der Waals surface area contributed by atoms with Crippen molar-refractivity contribution in [3.05, 3.63) is 58.6 Å². The normalized spacial score (nSPS) is 17.2. The van der Waals surface area contributed by atoms with Gasteiger partial charge in [-0.3, -0.25) is 4.79 Å². The lowest BCUT2D eigenvalue weighted by molar-refractivity contribution is 0.0249. The first kappa shape index (κ1) is 17.7. The molecule has 0 aliphatic carbocycles. The molecule has 27 heavy (non-hydrogen) atoms. The number of hydrogen-bond donors (Lipinski definition) is 1. The van der Waals surface area contributed by atoms with E-state index in [1.54, 1.807) is 35.2 Å². The van der Waals surface area contributed by atoms with Crippen LogP contribution in [-0.2, 0) is 0 Å². The van der Waals surface area contributed by atoms with Crippen molar-refractivity contribution in [3.63, 3.8) is 0 Å². The van der Waals surface area contributed by atoms with E-state index in [0.717, 1.165) is 5.56 Å². The van der Waals surface area contributed by atoms with Crippen LogP contribution in [-0.4, -0.2) is 41.4 Å². The molecule has 6 heteroatoms. The zero-order chi connectivity index (χ0) is 18.9. The molecule has 0 atom stereocenters. The average Bonchev–Trinajstić information content (AvgIpc) is 3.14. The molecule has 1 saturated heterocycles. The summed E-state index contributed by atoms with van der Waals surface area (Å²) >= 11 is 5.96. The van der Waals surface area contributed by atoms with Crippen molar-refractivity contribution in [3.8, 4) is 23.3 Å². The van der Waals surface area contributed by atoms with Crippen LogP contribution in [0.1, 0.15) is 28.8 Å². The fourth-order valence-corrected chi connectivity index (χ4v) is 3.36. The number of nitrogens with zero attached hydrogens (tertiary/aromatic N) is 1. The summed E-state index contributed by atoms with van der Waals surface area (Å²) in [6, 6.07) is 12.4. The summed E-state index contributed by atoms with van der Waals surface area (Å²) in [4.78, 5) is 14.5. The smallest absolute Gasteiger partial charge is 0.253 e. The van der Waals surface area contributed by atoms with Gasteiger partial charge in [0.25, 0.3) is 5.91 Å². The van der Waals surface area contributed by atoms with Crippen LogP contribution in [0.3, 0.4) is 0 Å². The number of halogens is 1. The molecule has 1 amide bonds. The van der Waals surface area contributed by atoms with Gasteiger partial charge in [0.15, 0.2) is 11.5 Å². The number of ether oxygens (including phenoxy) is 2. The van der Waals surface area contributed by atoms with Gasteiger partial charge in [-0.15, -0.1) is 0 Å². The summed E-state index contributed by atoms with van der Waals surface area (Å²) in [6.07, 6.45) is 0.799. The van der Waals surface area contributed by atoms with Crippen LogP contribution in [0.5, 0.6) is 11.5 Å². The molecule has 1 fully saturated rings. The van der Waals surface area contributed by atoms with Gasteiger partial charge in [0.1, 0.15) is 5.60 Å². The van der Waals surface area contributed by atoms with E-state index in [-0.39, 0.29) is 12.7 Å². The van der Waals surface area contributed by atoms with Gasteiger partial charge >= 0.3 is 0 Å². The van der Waals surface area contributed by atoms with E-state index in [1.165, 1.54) is 0 Å². The van der Waals surface area contributed by atoms with Crippen LogP contribution >= 0.6 is 11.6 Å². The third-order valence-corrected chi connectivity index (χ3v) is 5.00.